The van der Waals surface area contributed by atoms with Gasteiger partial charge in [-0.05, 0) is 75.5 Å². The first-order chi connectivity index (χ1) is 26.0. The number of aryl methyl sites for hydroxylation is 1. The minimum Gasteiger partial charge on any atom is -0.493 e. The summed E-state index contributed by atoms with van der Waals surface area (Å²) in [6.45, 7) is 15.0. The first-order valence-electron chi connectivity index (χ1n) is 19.2. The summed E-state index contributed by atoms with van der Waals surface area (Å²) in [6, 6.07) is 5.56. The molecule has 1 aliphatic heterocycles. The third kappa shape index (κ3) is 13.4. The number of nitrogens with two attached hydrogens (primary N) is 1. The first kappa shape index (κ1) is 45.6. The van der Waals surface area contributed by atoms with Crippen LogP contribution < -0.4 is 20.5 Å². The largest absolute Gasteiger partial charge is 0.493 e. The molecule has 1 aromatic heterocycles. The van der Waals surface area contributed by atoms with Crippen LogP contribution in [0.15, 0.2) is 30.7 Å². The van der Waals surface area contributed by atoms with Crippen LogP contribution in [0, 0.1) is 29.1 Å². The average Bonchev–Trinajstić information content (AvgIpc) is 3.57. The molecule has 0 spiro atoms. The zero-order valence-electron chi connectivity index (χ0n) is 34.4. The summed E-state index contributed by atoms with van der Waals surface area (Å²) >= 11 is 0. The van der Waals surface area contributed by atoms with Crippen LogP contribution in [0.5, 0.6) is 11.5 Å². The summed E-state index contributed by atoms with van der Waals surface area (Å²) in [5.74, 6) is -0.258. The van der Waals surface area contributed by atoms with E-state index < -0.39 is 48.1 Å². The van der Waals surface area contributed by atoms with Crippen molar-refractivity contribution in [2.24, 2.45) is 41.9 Å². The van der Waals surface area contributed by atoms with Crippen LogP contribution in [0.3, 0.4) is 0 Å². The minimum atomic E-state index is -1.45. The Morgan fingerprint density at radius 1 is 1.07 bits per heavy atom. The number of nitrogens with one attached hydrogen (secondary N) is 1. The van der Waals surface area contributed by atoms with Crippen LogP contribution in [-0.4, -0.2) is 109 Å². The zero-order chi connectivity index (χ0) is 40.9. The van der Waals surface area contributed by atoms with E-state index in [0.29, 0.717) is 50.5 Å². The molecule has 15 heteroatoms. The molecule has 2 amide bonds. The van der Waals surface area contributed by atoms with E-state index >= 15 is 0 Å². The highest BCUT2D eigenvalue weighted by Gasteiger charge is 2.41. The Bertz CT molecular complexity index is 1510. The standard InChI is InChI=1S/C40H65N5O10/c1-25(2)29(18-28-12-13-33(51-10)35(19-28)52-16-11-15-50-9)20-31-34(21-30(26(3)4)36(46)43-23-40(6,7)38(41)48)53-17-14-45(31)39(49)55-27(5)54-37(47)32-22-42-24-44(32)8/h12-13,19,22,24-27,29-31,34,39,49H,11,14-18,20-21,23H2,1-10H3,(H2,41,48)(H,43,46)/t27?,29-,30-,31-,34-,39?/m0/s1. The predicted octanol–water partition coefficient (Wildman–Crippen LogP) is 3.90. The maximum atomic E-state index is 13.7. The molecule has 2 heterocycles. The minimum absolute atomic E-state index is 0.0635. The van der Waals surface area contributed by atoms with Crippen molar-refractivity contribution in [1.82, 2.24) is 19.8 Å². The van der Waals surface area contributed by atoms with Crippen LogP contribution >= 0.6 is 0 Å². The van der Waals surface area contributed by atoms with Gasteiger partial charge in [0, 0.05) is 52.2 Å². The third-order valence-corrected chi connectivity index (χ3v) is 10.4. The molecule has 4 N–H and O–H groups in total. The van der Waals surface area contributed by atoms with Gasteiger partial charge in [0.1, 0.15) is 5.69 Å². The molecule has 6 atom stereocenters. The number of carbonyl (C=O) groups excluding carboxylic acids is 3. The van der Waals surface area contributed by atoms with Gasteiger partial charge in [-0.2, -0.15) is 0 Å². The Labute approximate surface area is 326 Å². The van der Waals surface area contributed by atoms with E-state index in [-0.39, 0.29) is 42.5 Å². The fourth-order valence-electron chi connectivity index (χ4n) is 6.64. The van der Waals surface area contributed by atoms with Crippen LogP contribution in [0.2, 0.25) is 0 Å². The number of rotatable bonds is 23. The van der Waals surface area contributed by atoms with Gasteiger partial charge < -0.3 is 44.4 Å². The number of carbonyl (C=O) groups is 3. The topological polar surface area (TPSA) is 186 Å². The summed E-state index contributed by atoms with van der Waals surface area (Å²) in [4.78, 5) is 44.3. The molecule has 0 saturated carbocycles. The summed E-state index contributed by atoms with van der Waals surface area (Å²) in [7, 11) is 4.95. The van der Waals surface area contributed by atoms with Crippen molar-refractivity contribution in [3.05, 3.63) is 42.0 Å². The van der Waals surface area contributed by atoms with Crippen molar-refractivity contribution in [2.45, 2.75) is 99.0 Å². The number of aliphatic hydroxyl groups excluding tert-OH is 1. The molecule has 0 bridgehead atoms. The second-order valence-corrected chi connectivity index (χ2v) is 15.7. The van der Waals surface area contributed by atoms with Gasteiger partial charge in [0.25, 0.3) is 0 Å². The Balaban J connectivity index is 1.90. The Morgan fingerprint density at radius 3 is 2.40 bits per heavy atom. The van der Waals surface area contributed by atoms with Gasteiger partial charge in [-0.1, -0.05) is 33.8 Å². The second kappa shape index (κ2) is 21.5. The zero-order valence-corrected chi connectivity index (χ0v) is 34.4. The summed E-state index contributed by atoms with van der Waals surface area (Å²) in [6.07, 6.45) is 2.25. The summed E-state index contributed by atoms with van der Waals surface area (Å²) in [5.41, 5.74) is 5.96. The van der Waals surface area contributed by atoms with Gasteiger partial charge in [0.05, 0.1) is 44.4 Å². The number of ether oxygens (including phenoxy) is 6. The molecule has 1 saturated heterocycles. The van der Waals surface area contributed by atoms with Gasteiger partial charge in [0.15, 0.2) is 11.5 Å². The lowest BCUT2D eigenvalue weighted by Crippen LogP contribution is -2.58. The second-order valence-electron chi connectivity index (χ2n) is 15.7. The fraction of sp³-hybridized carbons (Fsp3) is 0.700. The Morgan fingerprint density at radius 2 is 1.80 bits per heavy atom. The van der Waals surface area contributed by atoms with Gasteiger partial charge >= 0.3 is 5.97 Å². The van der Waals surface area contributed by atoms with Crippen molar-refractivity contribution in [2.75, 3.05) is 47.1 Å². The molecule has 3 rings (SSSR count). The van der Waals surface area contributed by atoms with Gasteiger partial charge in [0.2, 0.25) is 24.5 Å². The smallest absolute Gasteiger partial charge is 0.358 e. The van der Waals surface area contributed by atoms with Crippen molar-refractivity contribution in [3.8, 4) is 11.5 Å². The Hall–Kier alpha value is -3.76. The van der Waals surface area contributed by atoms with E-state index in [2.05, 4.69) is 24.1 Å². The van der Waals surface area contributed by atoms with E-state index in [0.717, 1.165) is 12.0 Å². The molecule has 2 unspecified atom stereocenters. The van der Waals surface area contributed by atoms with E-state index in [4.69, 9.17) is 34.2 Å². The monoisotopic (exact) mass is 775 g/mol. The number of primary amides is 1. The first-order valence-corrected chi connectivity index (χ1v) is 19.2. The lowest BCUT2D eigenvalue weighted by atomic mass is 9.79. The van der Waals surface area contributed by atoms with Crippen molar-refractivity contribution < 1.29 is 47.9 Å². The highest BCUT2D eigenvalue weighted by atomic mass is 16.7. The number of nitrogens with zero attached hydrogens (tertiary/aromatic N) is 3. The van der Waals surface area contributed by atoms with Gasteiger partial charge in [-0.15, -0.1) is 0 Å². The summed E-state index contributed by atoms with van der Waals surface area (Å²) < 4.78 is 36.3. The number of hydrogen-bond donors (Lipinski definition) is 3. The molecular formula is C40H65N5O10. The number of methoxy groups -OCH3 is 2. The lowest BCUT2D eigenvalue weighted by Gasteiger charge is -2.46. The van der Waals surface area contributed by atoms with Crippen LogP contribution in [0.1, 0.15) is 83.8 Å². The molecule has 1 aliphatic rings. The third-order valence-electron chi connectivity index (χ3n) is 10.4. The molecule has 310 valence electrons. The molecule has 1 fully saturated rings. The number of morpholine rings is 1. The molecule has 0 aliphatic carbocycles. The van der Waals surface area contributed by atoms with Crippen molar-refractivity contribution in [3.63, 3.8) is 0 Å². The molecule has 0 radical (unpaired) electrons. The Kier molecular flexibility index (Phi) is 17.9. The van der Waals surface area contributed by atoms with E-state index in [1.165, 1.54) is 17.1 Å². The van der Waals surface area contributed by atoms with Gasteiger partial charge in [-0.25, -0.2) is 14.7 Å². The molecule has 55 heavy (non-hydrogen) atoms. The van der Waals surface area contributed by atoms with E-state index in [9.17, 15) is 19.5 Å². The number of imidazole rings is 1. The van der Waals surface area contributed by atoms with Crippen molar-refractivity contribution in [1.29, 1.82) is 0 Å². The average molecular weight is 776 g/mol. The molecular weight excluding hydrogens is 710 g/mol. The van der Waals surface area contributed by atoms with Crippen molar-refractivity contribution >= 4 is 17.8 Å². The summed E-state index contributed by atoms with van der Waals surface area (Å²) in [5, 5.41) is 14.6. The predicted molar refractivity (Wildman–Crippen MR) is 206 cm³/mol. The van der Waals surface area contributed by atoms with Crippen LogP contribution in [0.4, 0.5) is 0 Å². The SMILES string of the molecule is COCCCOc1cc(C[C@@H](C[C@H]2[C@H](C[C@H](C(=O)NCC(C)(C)C(N)=O)C(C)C)OCCN2C(O)OC(C)OC(=O)c2cncn2C)C(C)C)ccc1OC. The van der Waals surface area contributed by atoms with Gasteiger partial charge in [-0.3, -0.25) is 14.3 Å². The number of esters is 1. The number of benzene rings is 1. The molecule has 2 aromatic rings. The maximum Gasteiger partial charge on any atom is 0.358 e. The number of aromatic nitrogens is 2. The molecule has 1 aromatic carbocycles. The highest BCUT2D eigenvalue weighted by Crippen LogP contribution is 2.35. The quantitative estimate of drug-likeness (QED) is 0.0842. The normalized spacial score (nSPS) is 18.8. The molecule has 15 nitrogen and oxygen atoms in total. The van der Waals surface area contributed by atoms with E-state index in [1.54, 1.807) is 42.0 Å². The lowest BCUT2D eigenvalue weighted by molar-refractivity contribution is -0.286. The van der Waals surface area contributed by atoms with E-state index in [1.807, 2.05) is 36.9 Å². The number of aliphatic hydroxyl groups is 1. The number of hydrogen-bond acceptors (Lipinski definition) is 12. The maximum absolute atomic E-state index is 13.7. The number of amides is 2. The fourth-order valence-corrected chi connectivity index (χ4v) is 6.64. The van der Waals surface area contributed by atoms with Crippen LogP contribution in [-0.2, 0) is 42.0 Å². The highest BCUT2D eigenvalue weighted by molar-refractivity contribution is 5.87. The van der Waals surface area contributed by atoms with Crippen LogP contribution in [0.25, 0.3) is 0 Å².